The zero-order chi connectivity index (χ0) is 31.8. The molecular weight excluding hydrogens is 695 g/mol. The van der Waals surface area contributed by atoms with Gasteiger partial charge in [0.05, 0.1) is 36.5 Å². The molecule has 0 unspecified atom stereocenters. The van der Waals surface area contributed by atoms with Crippen LogP contribution in [0.25, 0.3) is 0 Å². The minimum atomic E-state index is -3.37. The van der Waals surface area contributed by atoms with Gasteiger partial charge in [0.25, 0.3) is 0 Å². The zero-order valence-corrected chi connectivity index (χ0v) is 24.5. The van der Waals surface area contributed by atoms with E-state index in [2.05, 4.69) is 0 Å². The molecule has 43 heavy (non-hydrogen) atoms. The van der Waals surface area contributed by atoms with E-state index in [1.807, 2.05) is 0 Å². The smallest absolute Gasteiger partial charge is 0.308 e. The predicted molar refractivity (Wildman–Crippen MR) is 117 cm³/mol. The van der Waals surface area contributed by atoms with Crippen LogP contribution in [0, 0.1) is 90.6 Å². The van der Waals surface area contributed by atoms with Gasteiger partial charge >= 0.3 is 5.97 Å². The van der Waals surface area contributed by atoms with Gasteiger partial charge in [-0.2, -0.15) is 0 Å². The molecule has 0 saturated carbocycles. The van der Waals surface area contributed by atoms with Gasteiger partial charge in [0.1, 0.15) is 6.61 Å². The van der Waals surface area contributed by atoms with Gasteiger partial charge in [-0.25, -0.2) is 52.7 Å². The maximum atomic E-state index is 14.4. The summed E-state index contributed by atoms with van der Waals surface area (Å²) >= 11 is 0. The molecular formula is C26H18F12O4Zr. The Hall–Kier alpha value is -2.46. The summed E-state index contributed by atoms with van der Waals surface area (Å²) in [7, 11) is 0. The molecule has 3 aromatic rings. The first-order valence-corrected chi connectivity index (χ1v) is 11.5. The summed E-state index contributed by atoms with van der Waals surface area (Å²) in [6, 6.07) is 0. The molecule has 0 fully saturated rings. The van der Waals surface area contributed by atoms with Crippen molar-refractivity contribution < 1.29 is 98.2 Å². The second-order valence-corrected chi connectivity index (χ2v) is 8.79. The van der Waals surface area contributed by atoms with Crippen LogP contribution in [-0.4, -0.2) is 17.7 Å². The number of hydrogen-bond acceptors (Lipinski definition) is 4. The van der Waals surface area contributed by atoms with Crippen LogP contribution in [0.2, 0.25) is 0 Å². The quantitative estimate of drug-likeness (QED) is 0.142. The number of hydrogen-bond donors (Lipinski definition) is 1. The topological polar surface area (TPSA) is 47.9 Å². The second-order valence-electron chi connectivity index (χ2n) is 8.79. The molecule has 0 radical (unpaired) electrons. The molecule has 0 heterocycles. The van der Waals surface area contributed by atoms with E-state index in [1.54, 1.807) is 0 Å². The number of rotatable bonds is 10. The third kappa shape index (κ3) is 6.80. The SMILES string of the molecule is Cc1c(F)c(F)c(COC(CO)(OCc2c(F)c(F)c(C)c(F)c2F)OCc2c(F)c(F)c(C)c(F)c2F)c(F)c1F.[Zr]. The van der Waals surface area contributed by atoms with E-state index in [0.29, 0.717) is 20.8 Å². The van der Waals surface area contributed by atoms with Crippen LogP contribution in [0.3, 0.4) is 0 Å². The van der Waals surface area contributed by atoms with Gasteiger partial charge in [-0.15, -0.1) is 0 Å². The Balaban J connectivity index is 0.00000645. The fraction of sp³-hybridized carbons (Fsp3) is 0.308. The molecule has 0 aliphatic rings. The minimum absolute atomic E-state index is 0. The number of aliphatic hydroxyl groups excluding tert-OH is 1. The average molecular weight is 714 g/mol. The third-order valence-electron chi connectivity index (χ3n) is 6.22. The molecule has 0 aromatic heterocycles. The molecule has 0 aliphatic heterocycles. The molecule has 0 atom stereocenters. The van der Waals surface area contributed by atoms with E-state index in [4.69, 9.17) is 14.2 Å². The number of aliphatic hydroxyl groups is 1. The summed E-state index contributed by atoms with van der Waals surface area (Å²) in [5.41, 5.74) is -7.77. The zero-order valence-electron chi connectivity index (χ0n) is 22.0. The summed E-state index contributed by atoms with van der Waals surface area (Å²) in [5.74, 6) is -26.8. The van der Waals surface area contributed by atoms with E-state index in [1.165, 1.54) is 0 Å². The molecule has 4 nitrogen and oxygen atoms in total. The second kappa shape index (κ2) is 14.1. The minimum Gasteiger partial charge on any atom is -0.388 e. The summed E-state index contributed by atoms with van der Waals surface area (Å²) in [6.45, 7) is -4.58. The molecule has 1 N–H and O–H groups in total. The number of ether oxygens (including phenoxy) is 3. The maximum absolute atomic E-state index is 14.4. The Labute approximate surface area is 254 Å². The Morgan fingerprint density at radius 3 is 0.767 bits per heavy atom. The van der Waals surface area contributed by atoms with Crippen molar-refractivity contribution in [3.63, 3.8) is 0 Å². The van der Waals surface area contributed by atoms with Crippen molar-refractivity contribution in [2.24, 2.45) is 0 Å². The molecule has 3 rings (SSSR count). The van der Waals surface area contributed by atoms with Crippen molar-refractivity contribution in [2.45, 2.75) is 46.6 Å². The van der Waals surface area contributed by atoms with E-state index in [9.17, 15) is 57.8 Å². The summed E-state index contributed by atoms with van der Waals surface area (Å²) in [6.07, 6.45) is 0. The largest absolute Gasteiger partial charge is 0.388 e. The van der Waals surface area contributed by atoms with Crippen LogP contribution in [0.5, 0.6) is 0 Å². The summed E-state index contributed by atoms with van der Waals surface area (Å²) < 4.78 is 185. The van der Waals surface area contributed by atoms with E-state index in [0.717, 1.165) is 0 Å². The fourth-order valence-corrected chi connectivity index (χ4v) is 3.55. The molecule has 17 heteroatoms. The molecule has 3 aromatic carbocycles. The molecule has 0 saturated heterocycles. The van der Waals surface area contributed by atoms with Crippen molar-refractivity contribution in [3.8, 4) is 0 Å². The molecule has 0 amide bonds. The predicted octanol–water partition coefficient (Wildman–Crippen LogP) is 6.87. The van der Waals surface area contributed by atoms with Crippen LogP contribution < -0.4 is 0 Å². The monoisotopic (exact) mass is 712 g/mol. The summed E-state index contributed by atoms with van der Waals surface area (Å²) in [5, 5.41) is 9.90. The fourth-order valence-electron chi connectivity index (χ4n) is 3.55. The van der Waals surface area contributed by atoms with Gasteiger partial charge in [-0.3, -0.25) is 0 Å². The standard InChI is InChI=1S/C26H18F12O4.Zr/c1-8-14(27)20(33)11(21(34)15(8)28)4-40-26(7-39,41-5-12-22(35)16(29)9(2)17(30)23(12)36)42-6-13-24(37)18(31)10(3)19(32)25(13)38;/h39H,4-7H2,1-3H3;. The summed E-state index contributed by atoms with van der Waals surface area (Å²) in [4.78, 5) is 0. The van der Waals surface area contributed by atoms with Gasteiger partial charge < -0.3 is 19.3 Å². The van der Waals surface area contributed by atoms with Crippen LogP contribution >= 0.6 is 0 Å². The van der Waals surface area contributed by atoms with Crippen molar-refractivity contribution in [1.29, 1.82) is 0 Å². The first-order chi connectivity index (χ1) is 19.5. The molecule has 0 aliphatic carbocycles. The van der Waals surface area contributed by atoms with Crippen molar-refractivity contribution >= 4 is 0 Å². The van der Waals surface area contributed by atoms with Gasteiger partial charge in [-0.1, -0.05) is 0 Å². The average Bonchev–Trinajstić information content (AvgIpc) is 2.98. The Bertz CT molecular complexity index is 1290. The van der Waals surface area contributed by atoms with Gasteiger partial charge in [-0.05, 0) is 20.8 Å². The Morgan fingerprint density at radius 2 is 0.605 bits per heavy atom. The first-order valence-electron chi connectivity index (χ1n) is 11.5. The van der Waals surface area contributed by atoms with Gasteiger partial charge in [0, 0.05) is 42.9 Å². The molecule has 0 bridgehead atoms. The van der Waals surface area contributed by atoms with Gasteiger partial charge in [0.15, 0.2) is 69.8 Å². The maximum Gasteiger partial charge on any atom is 0.308 e. The van der Waals surface area contributed by atoms with Crippen molar-refractivity contribution in [1.82, 2.24) is 0 Å². The van der Waals surface area contributed by atoms with Crippen molar-refractivity contribution in [3.05, 3.63) is 103 Å². The normalized spacial score (nSPS) is 11.7. The van der Waals surface area contributed by atoms with Crippen molar-refractivity contribution in [2.75, 3.05) is 6.61 Å². The number of halogens is 12. The van der Waals surface area contributed by atoms with E-state index in [-0.39, 0.29) is 26.2 Å². The Morgan fingerprint density at radius 1 is 0.419 bits per heavy atom. The van der Waals surface area contributed by atoms with E-state index >= 15 is 0 Å². The number of benzene rings is 3. The van der Waals surface area contributed by atoms with Crippen LogP contribution in [0.1, 0.15) is 33.4 Å². The third-order valence-corrected chi connectivity index (χ3v) is 6.22. The van der Waals surface area contributed by atoms with Crippen LogP contribution in [0.15, 0.2) is 0 Å². The van der Waals surface area contributed by atoms with E-state index < -0.39 is 136 Å². The van der Waals surface area contributed by atoms with Crippen LogP contribution in [-0.2, 0) is 60.2 Å². The Kier molecular flexibility index (Phi) is 12.0. The molecule has 234 valence electrons. The molecule has 0 spiro atoms. The first kappa shape index (κ1) is 36.7. The van der Waals surface area contributed by atoms with Gasteiger partial charge in [0.2, 0.25) is 0 Å². The van der Waals surface area contributed by atoms with Crippen LogP contribution in [0.4, 0.5) is 52.7 Å².